The molecule has 2 aliphatic heterocycles. The van der Waals surface area contributed by atoms with Crippen LogP contribution < -0.4 is 0 Å². The van der Waals surface area contributed by atoms with E-state index in [2.05, 4.69) is 0 Å². The molecule has 7 heteroatoms. The molecule has 3 rings (SSSR count). The third-order valence-electron chi connectivity index (χ3n) is 4.51. The summed E-state index contributed by atoms with van der Waals surface area (Å²) in [6.07, 6.45) is 3.39. The number of ether oxygens (including phenoxy) is 3. The SMILES string of the molecule is COC(=O)C1C(C(=O)OC)[C@@H]2C=C[C@H]1[C@@H](C(=O)OC(C)C)N2C. The van der Waals surface area contributed by atoms with Crippen molar-refractivity contribution in [2.45, 2.75) is 32.0 Å². The lowest BCUT2D eigenvalue weighted by Gasteiger charge is -2.51. The highest BCUT2D eigenvalue weighted by molar-refractivity contribution is 5.87. The molecular formula is C16H23NO6. The second-order valence-electron chi connectivity index (χ2n) is 6.15. The molecule has 0 saturated carbocycles. The molecule has 1 aliphatic carbocycles. The van der Waals surface area contributed by atoms with E-state index < -0.39 is 47.7 Å². The van der Waals surface area contributed by atoms with Crippen molar-refractivity contribution in [3.05, 3.63) is 12.2 Å². The fourth-order valence-electron chi connectivity index (χ4n) is 3.57. The first kappa shape index (κ1) is 17.5. The van der Waals surface area contributed by atoms with Crippen molar-refractivity contribution in [2.24, 2.45) is 17.8 Å². The number of fused-ring (bicyclic) bond motifs is 2. The molecule has 0 aromatic heterocycles. The second-order valence-corrected chi connectivity index (χ2v) is 6.15. The summed E-state index contributed by atoms with van der Waals surface area (Å²) >= 11 is 0. The van der Waals surface area contributed by atoms with Gasteiger partial charge in [-0.25, -0.2) is 0 Å². The molecule has 2 bridgehead atoms. The molecule has 3 aliphatic rings. The number of piperidine rings is 1. The highest BCUT2D eigenvalue weighted by Gasteiger charge is 2.58. The van der Waals surface area contributed by atoms with Crippen LogP contribution in [-0.4, -0.2) is 62.3 Å². The zero-order valence-corrected chi connectivity index (χ0v) is 14.0. The van der Waals surface area contributed by atoms with Crippen LogP contribution in [-0.2, 0) is 28.6 Å². The Balaban J connectivity index is 2.39. The van der Waals surface area contributed by atoms with Gasteiger partial charge in [0.25, 0.3) is 0 Å². The van der Waals surface area contributed by atoms with Crippen LogP contribution in [0.15, 0.2) is 12.2 Å². The smallest absolute Gasteiger partial charge is 0.324 e. The van der Waals surface area contributed by atoms with E-state index in [9.17, 15) is 14.4 Å². The molecule has 5 atom stereocenters. The molecule has 7 nitrogen and oxygen atoms in total. The molecule has 2 heterocycles. The number of likely N-dealkylation sites (N-methyl/N-ethyl adjacent to an activating group) is 1. The topological polar surface area (TPSA) is 82.1 Å². The standard InChI is InChI=1S/C16H23NO6/c1-8(2)23-16(20)13-9-6-7-10(17(13)3)12(15(19)22-5)11(9)14(18)21-4/h6-13H,1-5H3/t9-,10+,11?,12?,13+/m1/s1. The normalized spacial score (nSPS) is 32.7. The molecule has 0 N–H and O–H groups in total. The number of carbonyl (C=O) groups excluding carboxylic acids is 3. The average Bonchev–Trinajstić information content (AvgIpc) is 2.52. The predicted octanol–water partition coefficient (Wildman–Crippen LogP) is 0.385. The van der Waals surface area contributed by atoms with Gasteiger partial charge in [-0.2, -0.15) is 0 Å². The number of nitrogens with zero attached hydrogens (tertiary/aromatic N) is 1. The molecule has 128 valence electrons. The largest absolute Gasteiger partial charge is 0.469 e. The summed E-state index contributed by atoms with van der Waals surface area (Å²) in [4.78, 5) is 38.7. The summed E-state index contributed by atoms with van der Waals surface area (Å²) in [5.41, 5.74) is 0. The van der Waals surface area contributed by atoms with Crippen molar-refractivity contribution in [2.75, 3.05) is 21.3 Å². The quantitative estimate of drug-likeness (QED) is 0.420. The third kappa shape index (κ3) is 2.97. The summed E-state index contributed by atoms with van der Waals surface area (Å²) in [5, 5.41) is 0. The molecule has 0 aromatic carbocycles. The molecule has 0 aromatic rings. The molecule has 0 radical (unpaired) electrons. The molecule has 1 saturated heterocycles. The van der Waals surface area contributed by atoms with E-state index >= 15 is 0 Å². The first-order valence-electron chi connectivity index (χ1n) is 7.59. The Morgan fingerprint density at radius 1 is 0.957 bits per heavy atom. The second kappa shape index (κ2) is 6.70. The maximum atomic E-state index is 12.4. The lowest BCUT2D eigenvalue weighted by molar-refractivity contribution is -0.177. The lowest BCUT2D eigenvalue weighted by atomic mass is 9.65. The van der Waals surface area contributed by atoms with Crippen LogP contribution in [0, 0.1) is 17.8 Å². The van der Waals surface area contributed by atoms with E-state index in [-0.39, 0.29) is 6.10 Å². The molecule has 1 fully saturated rings. The van der Waals surface area contributed by atoms with Crippen LogP contribution in [0.1, 0.15) is 13.8 Å². The number of methoxy groups -OCH3 is 2. The summed E-state index contributed by atoms with van der Waals surface area (Å²) in [5.74, 6) is -3.36. The van der Waals surface area contributed by atoms with Gasteiger partial charge in [0.05, 0.1) is 32.2 Å². The van der Waals surface area contributed by atoms with Gasteiger partial charge < -0.3 is 14.2 Å². The highest BCUT2D eigenvalue weighted by atomic mass is 16.5. The number of rotatable bonds is 4. The summed E-state index contributed by atoms with van der Waals surface area (Å²) in [7, 11) is 4.30. The number of hydrogen-bond donors (Lipinski definition) is 0. The Morgan fingerprint density at radius 2 is 1.52 bits per heavy atom. The Bertz CT molecular complexity index is 529. The van der Waals surface area contributed by atoms with Crippen LogP contribution in [0.4, 0.5) is 0 Å². The van der Waals surface area contributed by atoms with Gasteiger partial charge in [-0.15, -0.1) is 0 Å². The Kier molecular flexibility index (Phi) is 5.09. The van der Waals surface area contributed by atoms with Gasteiger partial charge in [0.15, 0.2) is 0 Å². The van der Waals surface area contributed by atoms with Crippen LogP contribution in [0.2, 0.25) is 0 Å². The maximum Gasteiger partial charge on any atom is 0.324 e. The van der Waals surface area contributed by atoms with Crippen LogP contribution in [0.3, 0.4) is 0 Å². The van der Waals surface area contributed by atoms with E-state index in [1.165, 1.54) is 14.2 Å². The van der Waals surface area contributed by atoms with Crippen molar-refractivity contribution in [1.82, 2.24) is 4.90 Å². The minimum atomic E-state index is -0.761. The van der Waals surface area contributed by atoms with E-state index in [0.29, 0.717) is 0 Å². The third-order valence-corrected chi connectivity index (χ3v) is 4.51. The summed E-state index contributed by atoms with van der Waals surface area (Å²) in [6, 6.07) is -1.04. The maximum absolute atomic E-state index is 12.4. The first-order valence-corrected chi connectivity index (χ1v) is 7.59. The fourth-order valence-corrected chi connectivity index (χ4v) is 3.57. The Labute approximate surface area is 135 Å². The van der Waals surface area contributed by atoms with Crippen molar-refractivity contribution < 1.29 is 28.6 Å². The van der Waals surface area contributed by atoms with Gasteiger partial charge in [0.2, 0.25) is 0 Å². The van der Waals surface area contributed by atoms with Gasteiger partial charge in [-0.1, -0.05) is 12.2 Å². The zero-order chi connectivity index (χ0) is 17.3. The van der Waals surface area contributed by atoms with Crippen molar-refractivity contribution in [3.63, 3.8) is 0 Å². The zero-order valence-electron chi connectivity index (χ0n) is 14.0. The van der Waals surface area contributed by atoms with E-state index in [1.807, 2.05) is 6.08 Å². The van der Waals surface area contributed by atoms with E-state index in [0.717, 1.165) is 0 Å². The van der Waals surface area contributed by atoms with Crippen LogP contribution in [0.5, 0.6) is 0 Å². The van der Waals surface area contributed by atoms with E-state index in [4.69, 9.17) is 14.2 Å². The van der Waals surface area contributed by atoms with Crippen molar-refractivity contribution in [1.29, 1.82) is 0 Å². The van der Waals surface area contributed by atoms with Gasteiger partial charge in [-0.05, 0) is 20.9 Å². The van der Waals surface area contributed by atoms with Gasteiger partial charge >= 0.3 is 17.9 Å². The molecule has 0 spiro atoms. The average molecular weight is 325 g/mol. The number of hydrogen-bond acceptors (Lipinski definition) is 7. The molecular weight excluding hydrogens is 302 g/mol. The van der Waals surface area contributed by atoms with Crippen molar-refractivity contribution in [3.8, 4) is 0 Å². The van der Waals surface area contributed by atoms with Gasteiger partial charge in [0.1, 0.15) is 6.04 Å². The van der Waals surface area contributed by atoms with Gasteiger partial charge in [-0.3, -0.25) is 19.3 Å². The predicted molar refractivity (Wildman–Crippen MR) is 80.2 cm³/mol. The number of esters is 3. The van der Waals surface area contributed by atoms with Crippen LogP contribution >= 0.6 is 0 Å². The molecule has 2 unspecified atom stereocenters. The summed E-state index contributed by atoms with van der Waals surface area (Å²) < 4.78 is 15.0. The summed E-state index contributed by atoms with van der Waals surface area (Å²) in [6.45, 7) is 3.54. The Hall–Kier alpha value is -1.89. The molecule has 23 heavy (non-hydrogen) atoms. The minimum Gasteiger partial charge on any atom is -0.469 e. The van der Waals surface area contributed by atoms with E-state index in [1.54, 1.807) is 31.9 Å². The van der Waals surface area contributed by atoms with Crippen molar-refractivity contribution >= 4 is 17.9 Å². The fraction of sp³-hybridized carbons (Fsp3) is 0.688. The lowest BCUT2D eigenvalue weighted by Crippen LogP contribution is -2.65. The Morgan fingerprint density at radius 3 is 2.04 bits per heavy atom. The minimum absolute atomic E-state index is 0.256. The molecule has 0 amide bonds. The monoisotopic (exact) mass is 325 g/mol. The van der Waals surface area contributed by atoms with Crippen LogP contribution in [0.25, 0.3) is 0 Å². The highest BCUT2D eigenvalue weighted by Crippen LogP contribution is 2.44. The van der Waals surface area contributed by atoms with Gasteiger partial charge in [0, 0.05) is 12.0 Å². The number of carbonyl (C=O) groups is 3. The first-order chi connectivity index (χ1) is 10.8.